The molecule has 2 fully saturated rings. The van der Waals surface area contributed by atoms with Crippen molar-refractivity contribution in [3.63, 3.8) is 0 Å². The Balaban J connectivity index is 2.41. The molecule has 0 radical (unpaired) electrons. The fourth-order valence-corrected chi connectivity index (χ4v) is 2.48. The van der Waals surface area contributed by atoms with E-state index in [1.54, 1.807) is 0 Å². The summed E-state index contributed by atoms with van der Waals surface area (Å²) < 4.78 is 5.70. The molecule has 3 nitrogen and oxygen atoms in total. The van der Waals surface area contributed by atoms with Gasteiger partial charge in [0.15, 0.2) is 6.79 Å². The van der Waals surface area contributed by atoms with Crippen LogP contribution in [0.4, 0.5) is 0 Å². The van der Waals surface area contributed by atoms with Gasteiger partial charge in [-0.05, 0) is 23.8 Å². The van der Waals surface area contributed by atoms with Crippen molar-refractivity contribution in [1.29, 1.82) is 0 Å². The number of hydrogen-bond donors (Lipinski definition) is 0. The van der Waals surface area contributed by atoms with Crippen LogP contribution in [0.1, 0.15) is 40.5 Å². The summed E-state index contributed by atoms with van der Waals surface area (Å²) in [5.41, 5.74) is 0.947. The van der Waals surface area contributed by atoms with Gasteiger partial charge in [-0.25, -0.2) is 4.89 Å². The molecule has 1 saturated heterocycles. The van der Waals surface area contributed by atoms with E-state index in [9.17, 15) is 0 Å². The Morgan fingerprint density at radius 1 is 1.13 bits per heavy atom. The molecule has 2 rings (SSSR count). The van der Waals surface area contributed by atoms with Crippen molar-refractivity contribution in [2.75, 3.05) is 6.79 Å². The van der Waals surface area contributed by atoms with Crippen LogP contribution in [0.5, 0.6) is 0 Å². The van der Waals surface area contributed by atoms with Crippen molar-refractivity contribution in [2.45, 2.75) is 46.3 Å². The zero-order valence-corrected chi connectivity index (χ0v) is 10.1. The van der Waals surface area contributed by atoms with Gasteiger partial charge in [-0.3, -0.25) is 0 Å². The summed E-state index contributed by atoms with van der Waals surface area (Å²) in [6, 6.07) is 0. The quantitative estimate of drug-likeness (QED) is 0.456. The highest BCUT2D eigenvalue weighted by molar-refractivity contribution is 5.25. The third-order valence-electron chi connectivity index (χ3n) is 3.97. The van der Waals surface area contributed by atoms with Gasteiger partial charge in [0.1, 0.15) is 0 Å². The standard InChI is InChI=1S/C12H20O3/c1-9-10(2,3)6-7-11(4,5)12(9)13-8-14-15-12/h1,6-8H2,2-5H3. The smallest absolute Gasteiger partial charge is 0.231 e. The Labute approximate surface area is 91.3 Å². The lowest BCUT2D eigenvalue weighted by Gasteiger charge is -2.51. The maximum atomic E-state index is 5.70. The Kier molecular flexibility index (Phi) is 2.27. The highest BCUT2D eigenvalue weighted by atomic mass is 17.3. The van der Waals surface area contributed by atoms with Crippen LogP contribution < -0.4 is 0 Å². The first kappa shape index (κ1) is 11.1. The third kappa shape index (κ3) is 1.37. The molecular formula is C12H20O3. The van der Waals surface area contributed by atoms with Crippen molar-refractivity contribution in [3.05, 3.63) is 12.2 Å². The molecule has 0 aromatic carbocycles. The molecule has 86 valence electrons. The molecule has 0 aromatic heterocycles. The van der Waals surface area contributed by atoms with Gasteiger partial charge in [0.05, 0.1) is 0 Å². The van der Waals surface area contributed by atoms with E-state index >= 15 is 0 Å². The van der Waals surface area contributed by atoms with Crippen LogP contribution in [0.2, 0.25) is 0 Å². The predicted molar refractivity (Wildman–Crippen MR) is 56.8 cm³/mol. The van der Waals surface area contributed by atoms with Crippen molar-refractivity contribution in [2.24, 2.45) is 10.8 Å². The van der Waals surface area contributed by atoms with Gasteiger partial charge in [-0.1, -0.05) is 34.3 Å². The van der Waals surface area contributed by atoms with E-state index in [0.717, 1.165) is 18.4 Å². The van der Waals surface area contributed by atoms with E-state index in [4.69, 9.17) is 14.5 Å². The van der Waals surface area contributed by atoms with Crippen LogP contribution in [-0.2, 0) is 14.5 Å². The Morgan fingerprint density at radius 2 is 1.80 bits per heavy atom. The third-order valence-corrected chi connectivity index (χ3v) is 3.97. The molecule has 1 saturated carbocycles. The van der Waals surface area contributed by atoms with Gasteiger partial charge in [0.25, 0.3) is 0 Å². The second-order valence-electron chi connectivity index (χ2n) is 5.83. The Bertz CT molecular complexity index is 285. The lowest BCUT2D eigenvalue weighted by atomic mass is 9.60. The number of hydrogen-bond acceptors (Lipinski definition) is 3. The first-order valence-electron chi connectivity index (χ1n) is 5.46. The molecular weight excluding hydrogens is 192 g/mol. The summed E-state index contributed by atoms with van der Waals surface area (Å²) in [7, 11) is 0. The summed E-state index contributed by atoms with van der Waals surface area (Å²) in [4.78, 5) is 10.4. The minimum absolute atomic E-state index is 0.0449. The minimum atomic E-state index is -0.755. The van der Waals surface area contributed by atoms with Gasteiger partial charge in [-0.2, -0.15) is 4.89 Å². The van der Waals surface area contributed by atoms with Crippen LogP contribution in [0, 0.1) is 10.8 Å². The van der Waals surface area contributed by atoms with Crippen molar-refractivity contribution in [1.82, 2.24) is 0 Å². The van der Waals surface area contributed by atoms with Crippen molar-refractivity contribution in [3.8, 4) is 0 Å². The number of rotatable bonds is 0. The van der Waals surface area contributed by atoms with Gasteiger partial charge >= 0.3 is 0 Å². The largest absolute Gasteiger partial charge is 0.313 e. The molecule has 0 bridgehead atoms. The average molecular weight is 212 g/mol. The van der Waals surface area contributed by atoms with Gasteiger partial charge in [0.2, 0.25) is 5.79 Å². The first-order valence-corrected chi connectivity index (χ1v) is 5.46. The summed E-state index contributed by atoms with van der Waals surface area (Å²) >= 11 is 0. The SMILES string of the molecule is C=C1C(C)(C)CCC(C)(C)C12OCOO2. The van der Waals surface area contributed by atoms with E-state index in [0.29, 0.717) is 0 Å². The van der Waals surface area contributed by atoms with Crippen molar-refractivity contribution >= 4 is 0 Å². The highest BCUT2D eigenvalue weighted by Crippen LogP contribution is 2.57. The normalized spacial score (nSPS) is 38.5. The maximum Gasteiger partial charge on any atom is 0.231 e. The van der Waals surface area contributed by atoms with Gasteiger partial charge < -0.3 is 4.74 Å². The molecule has 1 heterocycles. The minimum Gasteiger partial charge on any atom is -0.313 e. The number of ether oxygens (including phenoxy) is 1. The summed E-state index contributed by atoms with van der Waals surface area (Å²) in [6.07, 6.45) is 2.15. The molecule has 1 spiro atoms. The first-order chi connectivity index (χ1) is 6.82. The fraction of sp³-hybridized carbons (Fsp3) is 0.833. The lowest BCUT2D eigenvalue weighted by Crippen LogP contribution is -2.54. The predicted octanol–water partition coefficient (Wildman–Crippen LogP) is 3.02. The van der Waals surface area contributed by atoms with E-state index in [-0.39, 0.29) is 17.6 Å². The highest BCUT2D eigenvalue weighted by Gasteiger charge is 2.60. The zero-order valence-electron chi connectivity index (χ0n) is 10.1. The van der Waals surface area contributed by atoms with Crippen LogP contribution in [0.15, 0.2) is 12.2 Å². The van der Waals surface area contributed by atoms with Crippen LogP contribution in [0.25, 0.3) is 0 Å². The monoisotopic (exact) mass is 212 g/mol. The van der Waals surface area contributed by atoms with E-state index in [1.165, 1.54) is 0 Å². The maximum absolute atomic E-state index is 5.70. The van der Waals surface area contributed by atoms with Gasteiger partial charge in [-0.15, -0.1) is 0 Å². The molecule has 1 aliphatic carbocycles. The summed E-state index contributed by atoms with van der Waals surface area (Å²) in [5, 5.41) is 0. The van der Waals surface area contributed by atoms with Crippen molar-refractivity contribution < 1.29 is 14.5 Å². The van der Waals surface area contributed by atoms with E-state index in [1.807, 2.05) is 0 Å². The second kappa shape index (κ2) is 3.06. The molecule has 2 aliphatic rings. The van der Waals surface area contributed by atoms with Crippen LogP contribution in [0.3, 0.4) is 0 Å². The van der Waals surface area contributed by atoms with Crippen LogP contribution in [-0.4, -0.2) is 12.6 Å². The van der Waals surface area contributed by atoms with Crippen LogP contribution >= 0.6 is 0 Å². The molecule has 0 amide bonds. The molecule has 0 aromatic rings. The molecule has 15 heavy (non-hydrogen) atoms. The lowest BCUT2D eigenvalue weighted by molar-refractivity contribution is -0.346. The fourth-order valence-electron chi connectivity index (χ4n) is 2.48. The molecule has 3 heteroatoms. The second-order valence-corrected chi connectivity index (χ2v) is 5.83. The molecule has 1 atom stereocenters. The molecule has 0 N–H and O–H groups in total. The summed E-state index contributed by atoms with van der Waals surface area (Å²) in [5.74, 6) is -0.755. The van der Waals surface area contributed by atoms with Gasteiger partial charge in [0, 0.05) is 5.41 Å². The zero-order chi connectivity index (χ0) is 11.3. The Morgan fingerprint density at radius 3 is 2.33 bits per heavy atom. The average Bonchev–Trinajstić information content (AvgIpc) is 2.62. The Hall–Kier alpha value is -0.380. The van der Waals surface area contributed by atoms with E-state index < -0.39 is 5.79 Å². The molecule has 1 unspecified atom stereocenters. The summed E-state index contributed by atoms with van der Waals surface area (Å²) in [6.45, 7) is 13.0. The van der Waals surface area contributed by atoms with E-state index in [2.05, 4.69) is 34.3 Å². The topological polar surface area (TPSA) is 27.7 Å². The molecule has 1 aliphatic heterocycles.